The van der Waals surface area contributed by atoms with Gasteiger partial charge in [-0.1, -0.05) is 23.9 Å². The zero-order chi connectivity index (χ0) is 17.8. The van der Waals surface area contributed by atoms with Gasteiger partial charge in [-0.05, 0) is 43.3 Å². The first kappa shape index (κ1) is 17.6. The smallest absolute Gasteiger partial charge is 0.387 e. The molecule has 0 aliphatic heterocycles. The van der Waals surface area contributed by atoms with E-state index in [0.717, 1.165) is 14.6 Å². The van der Waals surface area contributed by atoms with Crippen LogP contribution in [0, 0.1) is 0 Å². The van der Waals surface area contributed by atoms with E-state index in [1.54, 1.807) is 18.3 Å². The second kappa shape index (κ2) is 7.79. The highest BCUT2D eigenvalue weighted by Gasteiger charge is 2.17. The van der Waals surface area contributed by atoms with Gasteiger partial charge in [0.1, 0.15) is 5.75 Å². The van der Waals surface area contributed by atoms with Crippen LogP contribution in [0.1, 0.15) is 6.92 Å². The van der Waals surface area contributed by atoms with Crippen molar-refractivity contribution < 1.29 is 18.3 Å². The molecule has 3 rings (SSSR count). The van der Waals surface area contributed by atoms with Crippen LogP contribution in [0.3, 0.4) is 0 Å². The summed E-state index contributed by atoms with van der Waals surface area (Å²) in [7, 11) is 0. The molecular formula is C17H14F2N2O2S2. The summed E-state index contributed by atoms with van der Waals surface area (Å²) in [6.07, 6.45) is 0. The summed E-state index contributed by atoms with van der Waals surface area (Å²) in [5.74, 6) is -0.142. The third kappa shape index (κ3) is 4.67. The highest BCUT2D eigenvalue weighted by atomic mass is 32.2. The highest BCUT2D eigenvalue weighted by molar-refractivity contribution is 8.02. The predicted molar refractivity (Wildman–Crippen MR) is 96.6 cm³/mol. The Hall–Kier alpha value is -2.19. The lowest BCUT2D eigenvalue weighted by molar-refractivity contribution is -0.115. The molecule has 2 aromatic carbocycles. The number of hydrogen-bond acceptors (Lipinski definition) is 5. The van der Waals surface area contributed by atoms with Gasteiger partial charge >= 0.3 is 6.61 Å². The van der Waals surface area contributed by atoms with Gasteiger partial charge in [0.25, 0.3) is 0 Å². The molecule has 0 radical (unpaired) electrons. The number of fused-ring (bicyclic) bond motifs is 1. The van der Waals surface area contributed by atoms with Crippen molar-refractivity contribution in [2.45, 2.75) is 23.1 Å². The standard InChI is InChI=1S/C17H14F2N2O2S2/c1-10(24-17-21-13-4-2-3-5-14(13)25-17)15(22)20-11-6-8-12(9-7-11)23-16(18)19/h2-10,16H,1H3,(H,20,22). The maximum Gasteiger partial charge on any atom is 0.387 e. The van der Waals surface area contributed by atoms with E-state index >= 15 is 0 Å². The van der Waals surface area contributed by atoms with Crippen molar-refractivity contribution in [3.05, 3.63) is 48.5 Å². The Bertz CT molecular complexity index is 835. The van der Waals surface area contributed by atoms with Crippen LogP contribution in [0.15, 0.2) is 52.9 Å². The predicted octanol–water partition coefficient (Wildman–Crippen LogP) is 5.02. The Balaban J connectivity index is 1.60. The van der Waals surface area contributed by atoms with Crippen LogP contribution in [0.2, 0.25) is 0 Å². The molecule has 0 bridgehead atoms. The number of ether oxygens (including phenoxy) is 1. The third-order valence-corrected chi connectivity index (χ3v) is 5.50. The number of nitrogens with zero attached hydrogens (tertiary/aromatic N) is 1. The number of halogens is 2. The topological polar surface area (TPSA) is 51.2 Å². The van der Waals surface area contributed by atoms with Crippen molar-refractivity contribution in [1.82, 2.24) is 4.98 Å². The van der Waals surface area contributed by atoms with Gasteiger partial charge in [0, 0.05) is 5.69 Å². The fraction of sp³-hybridized carbons (Fsp3) is 0.176. The first-order valence-electron chi connectivity index (χ1n) is 7.39. The second-order valence-corrected chi connectivity index (χ2v) is 7.72. The molecule has 1 N–H and O–H groups in total. The fourth-order valence-corrected chi connectivity index (χ4v) is 4.28. The van der Waals surface area contributed by atoms with E-state index < -0.39 is 6.61 Å². The minimum Gasteiger partial charge on any atom is -0.435 e. The first-order chi connectivity index (χ1) is 12.0. The molecule has 0 saturated heterocycles. The van der Waals surface area contributed by atoms with E-state index in [1.165, 1.54) is 36.0 Å². The van der Waals surface area contributed by atoms with Gasteiger partial charge in [-0.25, -0.2) is 4.98 Å². The Morgan fingerprint density at radius 1 is 1.20 bits per heavy atom. The van der Waals surface area contributed by atoms with E-state index in [9.17, 15) is 13.6 Å². The highest BCUT2D eigenvalue weighted by Crippen LogP contribution is 2.32. The number of carbonyl (C=O) groups is 1. The number of carbonyl (C=O) groups excluding carboxylic acids is 1. The number of thioether (sulfide) groups is 1. The number of thiazole rings is 1. The molecule has 130 valence electrons. The van der Waals surface area contributed by atoms with Gasteiger partial charge < -0.3 is 10.1 Å². The summed E-state index contributed by atoms with van der Waals surface area (Å²) in [6.45, 7) is -1.08. The minimum atomic E-state index is -2.87. The molecule has 4 nitrogen and oxygen atoms in total. The molecule has 1 atom stereocenters. The lowest BCUT2D eigenvalue weighted by Gasteiger charge is -2.11. The number of hydrogen-bond donors (Lipinski definition) is 1. The summed E-state index contributed by atoms with van der Waals surface area (Å²) >= 11 is 2.92. The van der Waals surface area contributed by atoms with Crippen molar-refractivity contribution >= 4 is 44.9 Å². The van der Waals surface area contributed by atoms with Crippen LogP contribution in [-0.4, -0.2) is 22.8 Å². The number of alkyl halides is 2. The molecule has 0 aliphatic carbocycles. The normalized spacial score (nSPS) is 12.3. The van der Waals surface area contributed by atoms with Gasteiger partial charge in [0.05, 0.1) is 15.5 Å². The van der Waals surface area contributed by atoms with Gasteiger partial charge in [0.2, 0.25) is 5.91 Å². The molecule has 3 aromatic rings. The quantitative estimate of drug-likeness (QED) is 0.610. The molecule has 25 heavy (non-hydrogen) atoms. The number of para-hydroxylation sites is 1. The number of benzene rings is 2. The molecule has 1 amide bonds. The number of aromatic nitrogens is 1. The molecule has 1 heterocycles. The van der Waals surface area contributed by atoms with E-state index in [0.29, 0.717) is 5.69 Å². The van der Waals surface area contributed by atoms with Gasteiger partial charge in [-0.2, -0.15) is 8.78 Å². The van der Waals surface area contributed by atoms with Crippen LogP contribution in [-0.2, 0) is 4.79 Å². The van der Waals surface area contributed by atoms with E-state index in [2.05, 4.69) is 15.0 Å². The van der Waals surface area contributed by atoms with Crippen molar-refractivity contribution in [3.63, 3.8) is 0 Å². The summed E-state index contributed by atoms with van der Waals surface area (Å²) in [5, 5.41) is 2.40. The average Bonchev–Trinajstić information content (AvgIpc) is 2.98. The van der Waals surface area contributed by atoms with Crippen molar-refractivity contribution in [3.8, 4) is 5.75 Å². The number of nitrogens with one attached hydrogen (secondary N) is 1. The Morgan fingerprint density at radius 3 is 2.60 bits per heavy atom. The molecule has 8 heteroatoms. The summed E-state index contributed by atoms with van der Waals surface area (Å²) in [4.78, 5) is 16.8. The summed E-state index contributed by atoms with van der Waals surface area (Å²) in [6, 6.07) is 13.6. The monoisotopic (exact) mass is 380 g/mol. The van der Waals surface area contributed by atoms with E-state index in [1.807, 2.05) is 24.3 Å². The summed E-state index contributed by atoms with van der Waals surface area (Å²) < 4.78 is 30.4. The molecule has 1 unspecified atom stereocenters. The molecule has 0 spiro atoms. The molecular weight excluding hydrogens is 366 g/mol. The van der Waals surface area contributed by atoms with Gasteiger partial charge in [-0.15, -0.1) is 11.3 Å². The largest absolute Gasteiger partial charge is 0.435 e. The molecule has 1 aromatic heterocycles. The molecule has 0 saturated carbocycles. The Labute approximate surface area is 151 Å². The maximum absolute atomic E-state index is 12.3. The minimum absolute atomic E-state index is 0.0462. The molecule has 0 fully saturated rings. The van der Waals surface area contributed by atoms with Crippen LogP contribution in [0.5, 0.6) is 5.75 Å². The van der Waals surface area contributed by atoms with Crippen LogP contribution < -0.4 is 10.1 Å². The number of anilines is 1. The average molecular weight is 380 g/mol. The zero-order valence-corrected chi connectivity index (χ0v) is 14.7. The molecule has 0 aliphatic rings. The van der Waals surface area contributed by atoms with Gasteiger partial charge in [0.15, 0.2) is 4.34 Å². The van der Waals surface area contributed by atoms with Crippen molar-refractivity contribution in [2.24, 2.45) is 0 Å². The zero-order valence-electron chi connectivity index (χ0n) is 13.1. The van der Waals surface area contributed by atoms with Gasteiger partial charge in [-0.3, -0.25) is 4.79 Å². The lowest BCUT2D eigenvalue weighted by atomic mass is 10.3. The summed E-state index contributed by atoms with van der Waals surface area (Å²) in [5.41, 5.74) is 1.43. The van der Waals surface area contributed by atoms with Crippen molar-refractivity contribution in [1.29, 1.82) is 0 Å². The Kier molecular flexibility index (Phi) is 5.50. The second-order valence-electron chi connectivity index (χ2n) is 5.10. The number of rotatable bonds is 6. The first-order valence-corrected chi connectivity index (χ1v) is 9.09. The fourth-order valence-electron chi connectivity index (χ4n) is 2.07. The van der Waals surface area contributed by atoms with E-state index in [4.69, 9.17) is 0 Å². The maximum atomic E-state index is 12.3. The van der Waals surface area contributed by atoms with Crippen LogP contribution >= 0.6 is 23.1 Å². The third-order valence-electron chi connectivity index (χ3n) is 3.27. The Morgan fingerprint density at radius 2 is 1.92 bits per heavy atom. The van der Waals surface area contributed by atoms with E-state index in [-0.39, 0.29) is 16.9 Å². The lowest BCUT2D eigenvalue weighted by Crippen LogP contribution is -2.22. The van der Waals surface area contributed by atoms with Crippen molar-refractivity contribution in [2.75, 3.05) is 5.32 Å². The number of amides is 1. The van der Waals surface area contributed by atoms with Crippen LogP contribution in [0.25, 0.3) is 10.2 Å². The van der Waals surface area contributed by atoms with Crippen LogP contribution in [0.4, 0.5) is 14.5 Å². The SMILES string of the molecule is CC(Sc1nc2ccccc2s1)C(=O)Nc1ccc(OC(F)F)cc1.